The van der Waals surface area contributed by atoms with Gasteiger partial charge in [-0.25, -0.2) is 0 Å². The van der Waals surface area contributed by atoms with E-state index >= 15 is 0 Å². The van der Waals surface area contributed by atoms with Crippen LogP contribution in [0.3, 0.4) is 0 Å². The lowest BCUT2D eigenvalue weighted by Gasteiger charge is -2.33. The second-order valence-electron chi connectivity index (χ2n) is 10.5. The van der Waals surface area contributed by atoms with Crippen LogP contribution < -0.4 is 0 Å². The predicted molar refractivity (Wildman–Crippen MR) is 131 cm³/mol. The quantitative estimate of drug-likeness (QED) is 0.476. The highest BCUT2D eigenvalue weighted by molar-refractivity contribution is 5.85. The molecule has 1 heterocycles. The first-order valence-electron chi connectivity index (χ1n) is 12.7. The molecule has 2 aromatic carbocycles. The number of nitrogens with zero attached hydrogens (tertiary/aromatic N) is 1. The van der Waals surface area contributed by atoms with Crippen molar-refractivity contribution in [2.45, 2.75) is 51.4 Å². The summed E-state index contributed by atoms with van der Waals surface area (Å²) in [6.45, 7) is 2.66. The first-order chi connectivity index (χ1) is 15.8. The molecule has 2 saturated carbocycles. The summed E-state index contributed by atoms with van der Waals surface area (Å²) in [4.78, 5) is 2.33. The fraction of sp³-hybridized carbons (Fsp3) is 0.467. The Kier molecular flexibility index (Phi) is 5.30. The minimum absolute atomic E-state index is 0.208. The molecule has 0 N–H and O–H groups in total. The number of allylic oxidation sites excluding steroid dienone is 1. The molecule has 4 aliphatic rings. The molecule has 0 aromatic heterocycles. The van der Waals surface area contributed by atoms with E-state index in [2.05, 4.69) is 59.5 Å². The summed E-state index contributed by atoms with van der Waals surface area (Å²) in [6, 6.07) is 18.5. The van der Waals surface area contributed by atoms with Crippen LogP contribution in [0.4, 0.5) is 4.39 Å². The molecular weight excluding hydrogens is 393 g/mol. The van der Waals surface area contributed by atoms with Gasteiger partial charge in [0.1, 0.15) is 0 Å². The third-order valence-electron chi connectivity index (χ3n) is 8.50. The lowest BCUT2D eigenvalue weighted by atomic mass is 9.81. The van der Waals surface area contributed by atoms with Crippen molar-refractivity contribution in [3.63, 3.8) is 0 Å². The number of benzene rings is 2. The minimum atomic E-state index is -0.208. The van der Waals surface area contributed by atoms with Gasteiger partial charge in [-0.2, -0.15) is 0 Å². The van der Waals surface area contributed by atoms with Gasteiger partial charge in [-0.3, -0.25) is 9.29 Å². The standard InChI is InChI=1S/C30H34FN/c31-16-5-17-32-20-23(21-32)18-22-11-13-25(14-12-22)29-27-9-2-1-6-24(27)7-3-10-28(29)30-15-4-8-26(30)19-30/h1-2,6,9,11-14,18,26H,3-5,7-8,10,15-17,19-21H2. The summed E-state index contributed by atoms with van der Waals surface area (Å²) in [5.74, 6) is 0.945. The highest BCUT2D eigenvalue weighted by atomic mass is 19.1. The van der Waals surface area contributed by atoms with Crippen molar-refractivity contribution in [2.75, 3.05) is 26.3 Å². The Morgan fingerprint density at radius 2 is 1.84 bits per heavy atom. The molecule has 0 radical (unpaired) electrons. The van der Waals surface area contributed by atoms with E-state index in [9.17, 15) is 4.39 Å². The third-order valence-corrected chi connectivity index (χ3v) is 8.50. The van der Waals surface area contributed by atoms with Gasteiger partial charge < -0.3 is 0 Å². The Labute approximate surface area is 192 Å². The largest absolute Gasteiger partial charge is 0.295 e. The monoisotopic (exact) mass is 427 g/mol. The molecule has 1 nitrogen and oxygen atoms in total. The van der Waals surface area contributed by atoms with Gasteiger partial charge in [0.2, 0.25) is 0 Å². The highest BCUT2D eigenvalue weighted by Crippen LogP contribution is 2.69. The van der Waals surface area contributed by atoms with Crippen molar-refractivity contribution in [3.8, 4) is 0 Å². The van der Waals surface area contributed by atoms with Gasteiger partial charge in [0, 0.05) is 19.6 Å². The molecule has 3 aliphatic carbocycles. The minimum Gasteiger partial charge on any atom is -0.295 e. The molecule has 1 saturated heterocycles. The molecular formula is C30H34FN. The van der Waals surface area contributed by atoms with E-state index in [-0.39, 0.29) is 6.67 Å². The summed E-state index contributed by atoms with van der Waals surface area (Å²) in [7, 11) is 0. The zero-order chi connectivity index (χ0) is 21.5. The van der Waals surface area contributed by atoms with Crippen molar-refractivity contribution >= 4 is 11.6 Å². The van der Waals surface area contributed by atoms with Gasteiger partial charge in [0.25, 0.3) is 0 Å². The van der Waals surface area contributed by atoms with E-state index in [0.29, 0.717) is 11.8 Å². The maximum absolute atomic E-state index is 12.4. The molecule has 3 fully saturated rings. The van der Waals surface area contributed by atoms with Gasteiger partial charge in [-0.15, -0.1) is 0 Å². The van der Waals surface area contributed by atoms with Crippen LogP contribution in [0.2, 0.25) is 0 Å². The average Bonchev–Trinajstić information content (AvgIpc) is 3.42. The van der Waals surface area contributed by atoms with Crippen LogP contribution in [0.15, 0.2) is 59.7 Å². The summed E-state index contributed by atoms with van der Waals surface area (Å²) in [6.07, 6.45) is 12.4. The summed E-state index contributed by atoms with van der Waals surface area (Å²) >= 11 is 0. The number of likely N-dealkylation sites (tertiary alicyclic amines) is 1. The average molecular weight is 428 g/mol. The molecule has 0 spiro atoms. The lowest BCUT2D eigenvalue weighted by molar-refractivity contribution is 0.239. The molecule has 0 bridgehead atoms. The fourth-order valence-electron chi connectivity index (χ4n) is 6.85. The Balaban J connectivity index is 1.32. The van der Waals surface area contributed by atoms with Gasteiger partial charge in [0.15, 0.2) is 0 Å². The van der Waals surface area contributed by atoms with Crippen molar-refractivity contribution in [1.29, 1.82) is 0 Å². The Morgan fingerprint density at radius 1 is 1.00 bits per heavy atom. The van der Waals surface area contributed by atoms with E-state index < -0.39 is 0 Å². The number of aryl methyl sites for hydroxylation is 1. The molecule has 2 atom stereocenters. The van der Waals surface area contributed by atoms with Crippen molar-refractivity contribution in [3.05, 3.63) is 81.9 Å². The van der Waals surface area contributed by atoms with Crippen LogP contribution >= 0.6 is 0 Å². The Bertz CT molecular complexity index is 1050. The SMILES string of the molecule is FCCCN1CC(=Cc2ccc(C3=C(C45CCCC4C5)CCCc4ccccc43)cc2)C1. The zero-order valence-electron chi connectivity index (χ0n) is 19.1. The summed E-state index contributed by atoms with van der Waals surface area (Å²) in [5, 5.41) is 0. The van der Waals surface area contributed by atoms with Gasteiger partial charge in [-0.1, -0.05) is 66.6 Å². The van der Waals surface area contributed by atoms with Crippen LogP contribution in [-0.2, 0) is 6.42 Å². The third kappa shape index (κ3) is 3.57. The predicted octanol–water partition coefficient (Wildman–Crippen LogP) is 7.07. The van der Waals surface area contributed by atoms with Crippen LogP contribution in [0.25, 0.3) is 11.6 Å². The van der Waals surface area contributed by atoms with Crippen molar-refractivity contribution < 1.29 is 4.39 Å². The van der Waals surface area contributed by atoms with Gasteiger partial charge >= 0.3 is 0 Å². The number of alkyl halides is 1. The maximum atomic E-state index is 12.4. The second-order valence-corrected chi connectivity index (χ2v) is 10.5. The molecule has 2 unspecified atom stereocenters. The zero-order valence-corrected chi connectivity index (χ0v) is 19.1. The van der Waals surface area contributed by atoms with E-state index in [1.165, 1.54) is 72.8 Å². The van der Waals surface area contributed by atoms with Gasteiger partial charge in [0.05, 0.1) is 6.67 Å². The number of fused-ring (bicyclic) bond motifs is 2. The lowest BCUT2D eigenvalue weighted by Crippen LogP contribution is -2.40. The molecule has 0 amide bonds. The molecule has 166 valence electrons. The normalized spacial score (nSPS) is 26.9. The first kappa shape index (κ1) is 20.4. The van der Waals surface area contributed by atoms with Crippen molar-refractivity contribution in [1.82, 2.24) is 4.90 Å². The number of hydrogen-bond acceptors (Lipinski definition) is 1. The van der Waals surface area contributed by atoms with E-state index in [1.54, 1.807) is 11.1 Å². The highest BCUT2D eigenvalue weighted by Gasteiger charge is 2.59. The maximum Gasteiger partial charge on any atom is 0.0906 e. The van der Waals surface area contributed by atoms with Crippen LogP contribution in [-0.4, -0.2) is 31.2 Å². The van der Waals surface area contributed by atoms with E-state index in [0.717, 1.165) is 25.6 Å². The Hall–Kier alpha value is -2.19. The Morgan fingerprint density at radius 3 is 2.59 bits per heavy atom. The molecule has 2 heteroatoms. The van der Waals surface area contributed by atoms with Crippen LogP contribution in [0.5, 0.6) is 0 Å². The van der Waals surface area contributed by atoms with Crippen LogP contribution in [0, 0.1) is 11.3 Å². The smallest absolute Gasteiger partial charge is 0.0906 e. The summed E-state index contributed by atoms with van der Waals surface area (Å²) in [5.41, 5.74) is 11.0. The number of hydrogen-bond donors (Lipinski definition) is 0. The molecule has 1 aliphatic heterocycles. The topological polar surface area (TPSA) is 3.24 Å². The molecule has 32 heavy (non-hydrogen) atoms. The first-order valence-corrected chi connectivity index (χ1v) is 12.7. The second kappa shape index (κ2) is 8.30. The van der Waals surface area contributed by atoms with E-state index in [4.69, 9.17) is 0 Å². The molecule has 6 rings (SSSR count). The van der Waals surface area contributed by atoms with Crippen molar-refractivity contribution in [2.24, 2.45) is 11.3 Å². The number of rotatable bonds is 6. The molecule has 2 aromatic rings. The fourth-order valence-corrected chi connectivity index (χ4v) is 6.85. The van der Waals surface area contributed by atoms with Crippen LogP contribution in [0.1, 0.15) is 67.2 Å². The summed E-state index contributed by atoms with van der Waals surface area (Å²) < 4.78 is 12.4. The number of halogens is 1. The van der Waals surface area contributed by atoms with Gasteiger partial charge in [-0.05, 0) is 89.7 Å². The van der Waals surface area contributed by atoms with E-state index in [1.807, 2.05) is 0 Å².